The Morgan fingerprint density at radius 1 is 1.25 bits per heavy atom. The summed E-state index contributed by atoms with van der Waals surface area (Å²) in [5.74, 6) is 1.78. The lowest BCUT2D eigenvalue weighted by molar-refractivity contribution is 0.102. The number of aromatic nitrogens is 2. The van der Waals surface area contributed by atoms with Crippen molar-refractivity contribution in [1.82, 2.24) is 9.97 Å². The monoisotopic (exact) mass is 400 g/mol. The van der Waals surface area contributed by atoms with Crippen LogP contribution >= 0.6 is 11.3 Å². The first kappa shape index (κ1) is 18.5. The molecule has 8 nitrogen and oxygen atoms in total. The molecule has 1 saturated heterocycles. The maximum Gasteiger partial charge on any atom is 0.257 e. The fourth-order valence-electron chi connectivity index (χ4n) is 3.02. The Labute approximate surface area is 166 Å². The number of anilines is 2. The zero-order valence-corrected chi connectivity index (χ0v) is 16.4. The number of ether oxygens (including phenoxy) is 3. The number of nitrogens with one attached hydrogen (secondary N) is 1. The maximum absolute atomic E-state index is 12.6. The molecule has 9 heteroatoms. The van der Waals surface area contributed by atoms with Gasteiger partial charge >= 0.3 is 0 Å². The van der Waals surface area contributed by atoms with Gasteiger partial charge in [0.25, 0.3) is 5.91 Å². The zero-order valence-electron chi connectivity index (χ0n) is 15.6. The van der Waals surface area contributed by atoms with Gasteiger partial charge in [0.05, 0.1) is 33.6 Å². The van der Waals surface area contributed by atoms with Gasteiger partial charge in [0, 0.05) is 18.7 Å². The average Bonchev–Trinajstić information content (AvgIpc) is 3.17. The molecule has 1 aromatic carbocycles. The van der Waals surface area contributed by atoms with Crippen molar-refractivity contribution in [3.8, 4) is 11.5 Å². The smallest absolute Gasteiger partial charge is 0.257 e. The quantitative estimate of drug-likeness (QED) is 0.705. The summed E-state index contributed by atoms with van der Waals surface area (Å²) < 4.78 is 16.9. The van der Waals surface area contributed by atoms with Crippen molar-refractivity contribution in [2.45, 2.75) is 0 Å². The second-order valence-corrected chi connectivity index (χ2v) is 7.13. The Morgan fingerprint density at radius 2 is 2.07 bits per heavy atom. The van der Waals surface area contributed by atoms with E-state index in [0.717, 1.165) is 23.6 Å². The van der Waals surface area contributed by atoms with Gasteiger partial charge in [0.15, 0.2) is 10.9 Å². The molecular weight excluding hydrogens is 380 g/mol. The van der Waals surface area contributed by atoms with Crippen LogP contribution in [0.25, 0.3) is 10.2 Å². The summed E-state index contributed by atoms with van der Waals surface area (Å²) in [5, 5.41) is 3.36. The van der Waals surface area contributed by atoms with Gasteiger partial charge in [0.1, 0.15) is 21.8 Å². The Bertz CT molecular complexity index is 1000. The van der Waals surface area contributed by atoms with Gasteiger partial charge in [-0.15, -0.1) is 0 Å². The lowest BCUT2D eigenvalue weighted by Crippen LogP contribution is -2.36. The molecule has 1 amide bonds. The number of nitrogens with zero attached hydrogens (tertiary/aromatic N) is 3. The number of benzene rings is 1. The highest BCUT2D eigenvalue weighted by molar-refractivity contribution is 7.23. The molecule has 146 valence electrons. The average molecular weight is 400 g/mol. The summed E-state index contributed by atoms with van der Waals surface area (Å²) in [4.78, 5) is 23.9. The summed E-state index contributed by atoms with van der Waals surface area (Å²) in [6.45, 7) is 2.84. The van der Waals surface area contributed by atoms with Gasteiger partial charge < -0.3 is 19.1 Å². The van der Waals surface area contributed by atoms with Crippen LogP contribution in [0.15, 0.2) is 30.5 Å². The number of methoxy groups -OCH3 is 2. The lowest BCUT2D eigenvalue weighted by atomic mass is 10.2. The number of morpholine rings is 1. The highest BCUT2D eigenvalue weighted by atomic mass is 32.1. The number of rotatable bonds is 5. The van der Waals surface area contributed by atoms with E-state index in [2.05, 4.69) is 20.2 Å². The van der Waals surface area contributed by atoms with E-state index in [4.69, 9.17) is 14.2 Å². The summed E-state index contributed by atoms with van der Waals surface area (Å²) in [7, 11) is 3.15. The third-order valence-electron chi connectivity index (χ3n) is 4.45. The van der Waals surface area contributed by atoms with Gasteiger partial charge in [-0.2, -0.15) is 0 Å². The molecule has 1 N–H and O–H groups in total. The van der Waals surface area contributed by atoms with Crippen molar-refractivity contribution in [1.29, 1.82) is 0 Å². The molecule has 0 unspecified atom stereocenters. The van der Waals surface area contributed by atoms with E-state index >= 15 is 0 Å². The Hall–Kier alpha value is -2.91. The first-order valence-electron chi connectivity index (χ1n) is 8.81. The first-order chi connectivity index (χ1) is 13.7. The van der Waals surface area contributed by atoms with E-state index in [1.807, 2.05) is 0 Å². The molecule has 0 atom stereocenters. The summed E-state index contributed by atoms with van der Waals surface area (Å²) >= 11 is 1.38. The molecule has 0 bridgehead atoms. The van der Waals surface area contributed by atoms with Gasteiger partial charge in [-0.3, -0.25) is 10.1 Å². The third kappa shape index (κ3) is 3.58. The molecule has 1 aliphatic heterocycles. The van der Waals surface area contributed by atoms with E-state index in [0.29, 0.717) is 40.9 Å². The minimum atomic E-state index is -0.252. The maximum atomic E-state index is 12.6. The van der Waals surface area contributed by atoms with Crippen LogP contribution in [0, 0.1) is 0 Å². The third-order valence-corrected chi connectivity index (χ3v) is 5.42. The molecule has 3 aromatic rings. The van der Waals surface area contributed by atoms with Crippen LogP contribution < -0.4 is 19.7 Å². The summed E-state index contributed by atoms with van der Waals surface area (Å²) in [5.41, 5.74) is 1.18. The molecule has 4 rings (SSSR count). The topological polar surface area (TPSA) is 85.8 Å². The van der Waals surface area contributed by atoms with Crippen LogP contribution in [-0.2, 0) is 4.74 Å². The lowest BCUT2D eigenvalue weighted by Gasteiger charge is -2.28. The first-order valence-corrected chi connectivity index (χ1v) is 9.63. The molecule has 1 fully saturated rings. The van der Waals surface area contributed by atoms with E-state index in [-0.39, 0.29) is 5.91 Å². The standard InChI is InChI=1S/C19H20N4O4S/c1-25-13-5-3-4-12(10-13)18(24)22-19-21-15-14(26-2)11-20-17(16(15)28-19)23-6-8-27-9-7-23/h3-5,10-11H,6-9H2,1-2H3,(H,21,22,24). The Balaban J connectivity index is 1.66. The molecule has 0 radical (unpaired) electrons. The van der Waals surface area contributed by atoms with Crippen molar-refractivity contribution in [3.05, 3.63) is 36.0 Å². The Morgan fingerprint density at radius 3 is 2.82 bits per heavy atom. The molecule has 28 heavy (non-hydrogen) atoms. The molecule has 3 heterocycles. The molecule has 0 saturated carbocycles. The van der Waals surface area contributed by atoms with E-state index < -0.39 is 0 Å². The van der Waals surface area contributed by atoms with Gasteiger partial charge in [-0.1, -0.05) is 17.4 Å². The second kappa shape index (κ2) is 7.99. The number of carbonyl (C=O) groups excluding carboxylic acids is 1. The molecule has 0 spiro atoms. The number of hydrogen-bond donors (Lipinski definition) is 1. The number of amides is 1. The van der Waals surface area contributed by atoms with Crippen molar-refractivity contribution in [2.75, 3.05) is 50.7 Å². The van der Waals surface area contributed by atoms with Crippen LogP contribution in [0.4, 0.5) is 10.9 Å². The Kier molecular flexibility index (Phi) is 5.27. The number of pyridine rings is 1. The van der Waals surface area contributed by atoms with Crippen molar-refractivity contribution in [2.24, 2.45) is 0 Å². The number of fused-ring (bicyclic) bond motifs is 1. The minimum absolute atomic E-state index is 0.252. The van der Waals surface area contributed by atoms with Crippen molar-refractivity contribution >= 4 is 38.4 Å². The zero-order chi connectivity index (χ0) is 19.5. The fourth-order valence-corrected chi connectivity index (χ4v) is 4.01. The largest absolute Gasteiger partial charge is 0.497 e. The number of thiazole rings is 1. The highest BCUT2D eigenvalue weighted by Gasteiger charge is 2.21. The van der Waals surface area contributed by atoms with Crippen LogP contribution in [0.1, 0.15) is 10.4 Å². The number of carbonyl (C=O) groups is 1. The normalized spacial score (nSPS) is 14.1. The summed E-state index contributed by atoms with van der Waals surface area (Å²) in [6, 6.07) is 6.98. The fraction of sp³-hybridized carbons (Fsp3) is 0.316. The second-order valence-electron chi connectivity index (χ2n) is 6.13. The minimum Gasteiger partial charge on any atom is -0.497 e. The highest BCUT2D eigenvalue weighted by Crippen LogP contribution is 2.38. The van der Waals surface area contributed by atoms with Crippen LogP contribution in [0.5, 0.6) is 11.5 Å². The van der Waals surface area contributed by atoms with Gasteiger partial charge in [0.2, 0.25) is 0 Å². The van der Waals surface area contributed by atoms with Crippen molar-refractivity contribution < 1.29 is 19.0 Å². The van der Waals surface area contributed by atoms with Crippen LogP contribution in [-0.4, -0.2) is 56.4 Å². The molecule has 1 aliphatic rings. The van der Waals surface area contributed by atoms with Gasteiger partial charge in [-0.05, 0) is 18.2 Å². The molecule has 0 aliphatic carbocycles. The molecule has 2 aromatic heterocycles. The summed E-state index contributed by atoms with van der Waals surface area (Å²) in [6.07, 6.45) is 1.67. The van der Waals surface area contributed by atoms with E-state index in [1.165, 1.54) is 11.3 Å². The van der Waals surface area contributed by atoms with Crippen LogP contribution in [0.2, 0.25) is 0 Å². The number of hydrogen-bond acceptors (Lipinski definition) is 8. The van der Waals surface area contributed by atoms with Crippen LogP contribution in [0.3, 0.4) is 0 Å². The SMILES string of the molecule is COc1cccc(C(=O)Nc2nc3c(OC)cnc(N4CCOCC4)c3s2)c1. The predicted octanol–water partition coefficient (Wildman–Crippen LogP) is 2.80. The van der Waals surface area contributed by atoms with E-state index in [9.17, 15) is 4.79 Å². The van der Waals surface area contributed by atoms with E-state index in [1.54, 1.807) is 44.7 Å². The molecular formula is C19H20N4O4S. The van der Waals surface area contributed by atoms with Gasteiger partial charge in [-0.25, -0.2) is 9.97 Å². The van der Waals surface area contributed by atoms with Crippen molar-refractivity contribution in [3.63, 3.8) is 0 Å². The predicted molar refractivity (Wildman–Crippen MR) is 108 cm³/mol.